The van der Waals surface area contributed by atoms with Crippen molar-refractivity contribution in [3.8, 4) is 0 Å². The molecule has 0 N–H and O–H groups in total. The molecule has 0 amide bonds. The van der Waals surface area contributed by atoms with Crippen molar-refractivity contribution in [3.05, 3.63) is 78.2 Å². The highest BCUT2D eigenvalue weighted by Gasteiger charge is 2.22. The maximum Gasteiger partial charge on any atom is 0.274 e. The first-order valence-corrected chi connectivity index (χ1v) is 8.97. The normalized spacial score (nSPS) is 10.6. The van der Waals surface area contributed by atoms with Gasteiger partial charge < -0.3 is 0 Å². The van der Waals surface area contributed by atoms with Crippen molar-refractivity contribution in [2.75, 3.05) is 0 Å². The molecule has 0 aliphatic carbocycles. The predicted octanol–water partition coefficient (Wildman–Crippen LogP) is 4.38. The molecule has 0 aliphatic heterocycles. The standard InChI is InChI=1S/C17H17NO2S2/c1-3-4-14-18(21-16-8-6-5-7-9-16)22(19,20)17-12-10-15(2)11-13-17/h3,5-14H,1-2H3. The van der Waals surface area contributed by atoms with Crippen LogP contribution in [-0.2, 0) is 10.0 Å². The lowest BCUT2D eigenvalue weighted by Gasteiger charge is -2.18. The fourth-order valence-corrected chi connectivity index (χ4v) is 4.08. The van der Waals surface area contributed by atoms with Gasteiger partial charge in [-0.3, -0.25) is 0 Å². The van der Waals surface area contributed by atoms with Crippen LogP contribution in [0.5, 0.6) is 0 Å². The highest BCUT2D eigenvalue weighted by Crippen LogP contribution is 2.29. The van der Waals surface area contributed by atoms with Gasteiger partial charge in [-0.15, -0.1) is 5.73 Å². The molecule has 0 saturated carbocycles. The Morgan fingerprint density at radius 1 is 1.05 bits per heavy atom. The van der Waals surface area contributed by atoms with E-state index in [1.165, 1.54) is 9.91 Å². The number of aryl methyl sites for hydroxylation is 1. The van der Waals surface area contributed by atoms with Crippen molar-refractivity contribution in [2.45, 2.75) is 23.6 Å². The van der Waals surface area contributed by atoms with E-state index in [4.69, 9.17) is 0 Å². The van der Waals surface area contributed by atoms with Gasteiger partial charge in [0.1, 0.15) is 0 Å². The first-order chi connectivity index (χ1) is 10.5. The monoisotopic (exact) mass is 331 g/mol. The molecule has 0 aromatic heterocycles. The van der Waals surface area contributed by atoms with E-state index in [1.807, 2.05) is 37.3 Å². The number of allylic oxidation sites excluding steroid dienone is 1. The molecule has 22 heavy (non-hydrogen) atoms. The molecular formula is C17H17NO2S2. The Morgan fingerprint density at radius 2 is 1.68 bits per heavy atom. The Balaban J connectivity index is 2.39. The third kappa shape index (κ3) is 4.04. The number of sulfonamides is 1. The number of rotatable bonds is 5. The summed E-state index contributed by atoms with van der Waals surface area (Å²) in [6.45, 7) is 3.72. The molecule has 0 aliphatic rings. The average molecular weight is 331 g/mol. The Labute approximate surface area is 136 Å². The zero-order valence-corrected chi connectivity index (χ0v) is 14.1. The van der Waals surface area contributed by atoms with Gasteiger partial charge in [-0.1, -0.05) is 35.9 Å². The van der Waals surface area contributed by atoms with E-state index in [2.05, 4.69) is 5.73 Å². The van der Waals surface area contributed by atoms with Crippen LogP contribution in [0.15, 0.2) is 82.4 Å². The molecule has 5 heteroatoms. The molecule has 0 atom stereocenters. The predicted molar refractivity (Wildman–Crippen MR) is 90.8 cm³/mol. The molecule has 0 unspecified atom stereocenters. The number of hydrogen-bond donors (Lipinski definition) is 0. The molecule has 0 radical (unpaired) electrons. The summed E-state index contributed by atoms with van der Waals surface area (Å²) < 4.78 is 26.8. The molecule has 0 bridgehead atoms. The molecule has 0 saturated heterocycles. The van der Waals surface area contributed by atoms with Crippen LogP contribution >= 0.6 is 11.9 Å². The van der Waals surface area contributed by atoms with Crippen LogP contribution in [0.2, 0.25) is 0 Å². The highest BCUT2D eigenvalue weighted by atomic mass is 32.3. The first-order valence-electron chi connectivity index (χ1n) is 6.75. The van der Waals surface area contributed by atoms with E-state index >= 15 is 0 Å². The lowest BCUT2D eigenvalue weighted by Crippen LogP contribution is -2.19. The lowest BCUT2D eigenvalue weighted by atomic mass is 10.2. The Kier molecular flexibility index (Phi) is 5.50. The highest BCUT2D eigenvalue weighted by molar-refractivity contribution is 8.08. The van der Waals surface area contributed by atoms with Gasteiger partial charge in [0.2, 0.25) is 0 Å². The second-order valence-corrected chi connectivity index (χ2v) is 7.66. The summed E-state index contributed by atoms with van der Waals surface area (Å²) >= 11 is 1.14. The van der Waals surface area contributed by atoms with Gasteiger partial charge in [0.05, 0.1) is 11.1 Å². The van der Waals surface area contributed by atoms with Gasteiger partial charge in [-0.05, 0) is 44.2 Å². The first kappa shape index (κ1) is 16.4. The van der Waals surface area contributed by atoms with E-state index in [0.717, 1.165) is 22.4 Å². The minimum atomic E-state index is -3.63. The van der Waals surface area contributed by atoms with Gasteiger partial charge in [-0.25, -0.2) is 12.1 Å². The molecule has 2 rings (SSSR count). The summed E-state index contributed by atoms with van der Waals surface area (Å²) in [5.74, 6) is 0. The zero-order valence-electron chi connectivity index (χ0n) is 12.4. The SMILES string of the molecule is CC=C=CN(Sc1ccccc1)S(=O)(=O)c1ccc(C)cc1. The second kappa shape index (κ2) is 7.36. The quantitative estimate of drug-likeness (QED) is 0.602. The van der Waals surface area contributed by atoms with Gasteiger partial charge in [-0.2, -0.15) is 0 Å². The van der Waals surface area contributed by atoms with Crippen LogP contribution in [-0.4, -0.2) is 12.1 Å². The van der Waals surface area contributed by atoms with E-state index in [-0.39, 0.29) is 4.90 Å². The summed E-state index contributed by atoms with van der Waals surface area (Å²) in [5.41, 5.74) is 3.85. The minimum Gasteiger partial charge on any atom is -0.203 e. The molecule has 0 spiro atoms. The Bertz CT molecular complexity index is 775. The van der Waals surface area contributed by atoms with Crippen LogP contribution < -0.4 is 0 Å². The van der Waals surface area contributed by atoms with Crippen molar-refractivity contribution in [1.82, 2.24) is 3.71 Å². The van der Waals surface area contributed by atoms with E-state index in [0.29, 0.717) is 0 Å². The Hall–Kier alpha value is -1.94. The number of benzene rings is 2. The fourth-order valence-electron chi connectivity index (χ4n) is 1.68. The molecule has 2 aromatic rings. The zero-order chi connectivity index (χ0) is 16.0. The van der Waals surface area contributed by atoms with Gasteiger partial charge >= 0.3 is 0 Å². The van der Waals surface area contributed by atoms with Crippen molar-refractivity contribution in [2.24, 2.45) is 0 Å². The third-order valence-electron chi connectivity index (χ3n) is 2.84. The largest absolute Gasteiger partial charge is 0.274 e. The maximum absolute atomic E-state index is 12.8. The summed E-state index contributed by atoms with van der Waals surface area (Å²) in [6.07, 6.45) is 3.11. The Morgan fingerprint density at radius 3 is 2.27 bits per heavy atom. The number of hydrogen-bond acceptors (Lipinski definition) is 3. The van der Waals surface area contributed by atoms with E-state index < -0.39 is 10.0 Å². The van der Waals surface area contributed by atoms with E-state index in [1.54, 1.807) is 37.3 Å². The van der Waals surface area contributed by atoms with Gasteiger partial charge in [0.15, 0.2) is 0 Å². The van der Waals surface area contributed by atoms with Crippen molar-refractivity contribution in [1.29, 1.82) is 0 Å². The molecule has 0 fully saturated rings. The smallest absolute Gasteiger partial charge is 0.203 e. The third-order valence-corrected chi connectivity index (χ3v) is 5.87. The lowest BCUT2D eigenvalue weighted by molar-refractivity contribution is 0.572. The van der Waals surface area contributed by atoms with Crippen LogP contribution in [0.25, 0.3) is 0 Å². The van der Waals surface area contributed by atoms with Crippen LogP contribution in [0.4, 0.5) is 0 Å². The van der Waals surface area contributed by atoms with Crippen LogP contribution in [0.1, 0.15) is 12.5 Å². The summed E-state index contributed by atoms with van der Waals surface area (Å²) in [4.78, 5) is 1.10. The van der Waals surface area contributed by atoms with Crippen LogP contribution in [0.3, 0.4) is 0 Å². The van der Waals surface area contributed by atoms with Gasteiger partial charge in [0.25, 0.3) is 10.0 Å². The van der Waals surface area contributed by atoms with Crippen LogP contribution in [0, 0.1) is 6.92 Å². The molecule has 2 aromatic carbocycles. The van der Waals surface area contributed by atoms with Crippen molar-refractivity contribution in [3.63, 3.8) is 0 Å². The molecular weight excluding hydrogens is 314 g/mol. The second-order valence-electron chi connectivity index (χ2n) is 4.56. The minimum absolute atomic E-state index is 0.260. The summed E-state index contributed by atoms with van der Waals surface area (Å²) in [5, 5.41) is 0. The molecule has 114 valence electrons. The molecule has 3 nitrogen and oxygen atoms in total. The molecule has 0 heterocycles. The summed E-state index contributed by atoms with van der Waals surface area (Å²) in [7, 11) is -3.63. The van der Waals surface area contributed by atoms with E-state index in [9.17, 15) is 8.42 Å². The van der Waals surface area contributed by atoms with Crippen molar-refractivity contribution >= 4 is 22.0 Å². The van der Waals surface area contributed by atoms with Gasteiger partial charge in [0, 0.05) is 16.8 Å². The summed E-state index contributed by atoms with van der Waals surface area (Å²) in [6, 6.07) is 16.2. The van der Waals surface area contributed by atoms with Crippen molar-refractivity contribution < 1.29 is 8.42 Å². The average Bonchev–Trinajstić information content (AvgIpc) is 2.52. The maximum atomic E-state index is 12.8. The topological polar surface area (TPSA) is 37.4 Å². The number of nitrogens with zero attached hydrogens (tertiary/aromatic N) is 1. The fraction of sp³-hybridized carbons (Fsp3) is 0.118.